The Balaban J connectivity index is 2.34. The lowest BCUT2D eigenvalue weighted by atomic mass is 9.93. The van der Waals surface area contributed by atoms with Crippen molar-refractivity contribution in [2.75, 3.05) is 0 Å². The summed E-state index contributed by atoms with van der Waals surface area (Å²) in [5, 5.41) is 9.86. The second-order valence-corrected chi connectivity index (χ2v) is 3.72. The van der Waals surface area contributed by atoms with E-state index in [0.29, 0.717) is 32.1 Å². The maximum absolute atomic E-state index is 11.5. The average molecular weight is 180 g/mol. The standard InChI is InChI=1S/C11H16O2/c1-2-3-4-7-10(12)11(13)8-5-6-9-11/h1,13H,3-9H2. The van der Waals surface area contributed by atoms with Crippen LogP contribution < -0.4 is 0 Å². The molecule has 0 bridgehead atoms. The van der Waals surface area contributed by atoms with Crippen molar-refractivity contribution in [3.63, 3.8) is 0 Å². The second kappa shape index (κ2) is 4.43. The van der Waals surface area contributed by atoms with Crippen LogP contribution in [0.1, 0.15) is 44.9 Å². The van der Waals surface area contributed by atoms with E-state index in [2.05, 4.69) is 5.92 Å². The fraction of sp³-hybridized carbons (Fsp3) is 0.727. The molecule has 0 aliphatic heterocycles. The number of hydrogen-bond acceptors (Lipinski definition) is 2. The monoisotopic (exact) mass is 180 g/mol. The molecule has 0 aromatic heterocycles. The van der Waals surface area contributed by atoms with E-state index in [1.807, 2.05) is 0 Å². The summed E-state index contributed by atoms with van der Waals surface area (Å²) in [7, 11) is 0. The van der Waals surface area contributed by atoms with Crippen LogP contribution in [0.4, 0.5) is 0 Å². The minimum absolute atomic E-state index is 0.0137. The van der Waals surface area contributed by atoms with Crippen molar-refractivity contribution in [3.8, 4) is 12.3 Å². The van der Waals surface area contributed by atoms with Gasteiger partial charge in [-0.25, -0.2) is 0 Å². The van der Waals surface area contributed by atoms with Gasteiger partial charge in [0.25, 0.3) is 0 Å². The van der Waals surface area contributed by atoms with Crippen LogP contribution in [0.3, 0.4) is 0 Å². The summed E-state index contributed by atoms with van der Waals surface area (Å²) >= 11 is 0. The molecule has 72 valence electrons. The molecule has 1 fully saturated rings. The first-order valence-electron chi connectivity index (χ1n) is 4.88. The molecule has 0 aromatic rings. The summed E-state index contributed by atoms with van der Waals surface area (Å²) in [4.78, 5) is 11.5. The van der Waals surface area contributed by atoms with Gasteiger partial charge in [0.05, 0.1) is 0 Å². The largest absolute Gasteiger partial charge is 0.382 e. The summed E-state index contributed by atoms with van der Waals surface area (Å²) in [6, 6.07) is 0. The highest BCUT2D eigenvalue weighted by molar-refractivity contribution is 5.87. The third-order valence-electron chi connectivity index (χ3n) is 2.67. The third kappa shape index (κ3) is 2.57. The Labute approximate surface area is 79.3 Å². The van der Waals surface area contributed by atoms with Crippen LogP contribution in [0, 0.1) is 12.3 Å². The molecule has 13 heavy (non-hydrogen) atoms. The van der Waals surface area contributed by atoms with Gasteiger partial charge in [0.1, 0.15) is 5.60 Å². The van der Waals surface area contributed by atoms with Gasteiger partial charge in [0.15, 0.2) is 5.78 Å². The van der Waals surface area contributed by atoms with Crippen LogP contribution in [0.5, 0.6) is 0 Å². The van der Waals surface area contributed by atoms with Crippen LogP contribution in [0.25, 0.3) is 0 Å². The van der Waals surface area contributed by atoms with E-state index in [9.17, 15) is 9.90 Å². The number of rotatable bonds is 4. The molecule has 2 nitrogen and oxygen atoms in total. The SMILES string of the molecule is C#CCCCC(=O)C1(O)CCCC1. The molecule has 1 aliphatic carbocycles. The molecular formula is C11H16O2. The predicted octanol–water partition coefficient (Wildman–Crippen LogP) is 1.66. The lowest BCUT2D eigenvalue weighted by molar-refractivity contribution is -0.136. The molecule has 1 aliphatic rings. The van der Waals surface area contributed by atoms with Gasteiger partial charge < -0.3 is 5.11 Å². The average Bonchev–Trinajstić information content (AvgIpc) is 2.54. The summed E-state index contributed by atoms with van der Waals surface area (Å²) in [5.74, 6) is 2.48. The lowest BCUT2D eigenvalue weighted by Gasteiger charge is -2.19. The highest BCUT2D eigenvalue weighted by Crippen LogP contribution is 2.31. The highest BCUT2D eigenvalue weighted by Gasteiger charge is 2.37. The first kappa shape index (κ1) is 10.3. The number of Topliss-reactive ketones (excluding diaryl/α,β-unsaturated/α-hetero) is 1. The van der Waals surface area contributed by atoms with E-state index < -0.39 is 5.60 Å². The molecule has 1 rings (SSSR count). The van der Waals surface area contributed by atoms with E-state index in [4.69, 9.17) is 6.42 Å². The zero-order chi connectivity index (χ0) is 9.73. The normalized spacial score (nSPS) is 19.7. The van der Waals surface area contributed by atoms with E-state index >= 15 is 0 Å². The molecule has 0 spiro atoms. The minimum atomic E-state index is -1.01. The first-order chi connectivity index (χ1) is 6.19. The Hall–Kier alpha value is -0.810. The molecule has 2 heteroatoms. The summed E-state index contributed by atoms with van der Waals surface area (Å²) < 4.78 is 0. The maximum atomic E-state index is 11.5. The quantitative estimate of drug-likeness (QED) is 0.527. The summed E-state index contributed by atoms with van der Waals surface area (Å²) in [5.41, 5.74) is -1.01. The van der Waals surface area contributed by atoms with Crippen LogP contribution >= 0.6 is 0 Å². The van der Waals surface area contributed by atoms with Crippen LogP contribution in [0.15, 0.2) is 0 Å². The van der Waals surface area contributed by atoms with E-state index in [1.165, 1.54) is 0 Å². The predicted molar refractivity (Wildman–Crippen MR) is 51.1 cm³/mol. The fourth-order valence-corrected chi connectivity index (χ4v) is 1.82. The maximum Gasteiger partial charge on any atom is 0.164 e. The van der Waals surface area contributed by atoms with Gasteiger partial charge in [-0.3, -0.25) is 4.79 Å². The van der Waals surface area contributed by atoms with Crippen molar-refractivity contribution < 1.29 is 9.90 Å². The number of aliphatic hydroxyl groups is 1. The molecule has 0 heterocycles. The van der Waals surface area contributed by atoms with Crippen molar-refractivity contribution in [3.05, 3.63) is 0 Å². The molecule has 0 aromatic carbocycles. The number of carbonyl (C=O) groups excluding carboxylic acids is 1. The van der Waals surface area contributed by atoms with Crippen LogP contribution in [-0.2, 0) is 4.79 Å². The third-order valence-corrected chi connectivity index (χ3v) is 2.67. The Morgan fingerprint density at radius 3 is 2.62 bits per heavy atom. The summed E-state index contributed by atoms with van der Waals surface area (Å²) in [6.07, 6.45) is 10.1. The van der Waals surface area contributed by atoms with Gasteiger partial charge in [-0.05, 0) is 32.1 Å². The van der Waals surface area contributed by atoms with Crippen molar-refractivity contribution in [1.82, 2.24) is 0 Å². The number of unbranched alkanes of at least 4 members (excludes halogenated alkanes) is 1. The molecule has 0 atom stereocenters. The van der Waals surface area contributed by atoms with Crippen molar-refractivity contribution >= 4 is 5.78 Å². The van der Waals surface area contributed by atoms with Crippen molar-refractivity contribution in [2.45, 2.75) is 50.5 Å². The Morgan fingerprint density at radius 1 is 1.46 bits per heavy atom. The molecule has 0 unspecified atom stereocenters. The Morgan fingerprint density at radius 2 is 2.08 bits per heavy atom. The van der Waals surface area contributed by atoms with E-state index in [1.54, 1.807) is 0 Å². The molecule has 0 radical (unpaired) electrons. The van der Waals surface area contributed by atoms with Gasteiger partial charge in [-0.1, -0.05) is 0 Å². The molecular weight excluding hydrogens is 164 g/mol. The van der Waals surface area contributed by atoms with Gasteiger partial charge in [-0.15, -0.1) is 12.3 Å². The van der Waals surface area contributed by atoms with Crippen molar-refractivity contribution in [2.24, 2.45) is 0 Å². The number of terminal acetylenes is 1. The van der Waals surface area contributed by atoms with Gasteiger partial charge >= 0.3 is 0 Å². The molecule has 1 saturated carbocycles. The zero-order valence-electron chi connectivity index (χ0n) is 7.88. The van der Waals surface area contributed by atoms with Gasteiger partial charge in [0, 0.05) is 12.8 Å². The lowest BCUT2D eigenvalue weighted by Crippen LogP contribution is -2.34. The van der Waals surface area contributed by atoms with Crippen molar-refractivity contribution in [1.29, 1.82) is 0 Å². The number of carbonyl (C=O) groups is 1. The number of ketones is 1. The zero-order valence-corrected chi connectivity index (χ0v) is 7.88. The summed E-state index contributed by atoms with van der Waals surface area (Å²) in [6.45, 7) is 0. The van der Waals surface area contributed by atoms with E-state index in [-0.39, 0.29) is 5.78 Å². The first-order valence-corrected chi connectivity index (χ1v) is 4.88. The fourth-order valence-electron chi connectivity index (χ4n) is 1.82. The molecule has 0 amide bonds. The van der Waals surface area contributed by atoms with Crippen LogP contribution in [-0.4, -0.2) is 16.5 Å². The van der Waals surface area contributed by atoms with Crippen LogP contribution in [0.2, 0.25) is 0 Å². The minimum Gasteiger partial charge on any atom is -0.382 e. The Bertz CT molecular complexity index is 219. The number of hydrogen-bond donors (Lipinski definition) is 1. The molecule has 0 saturated heterocycles. The highest BCUT2D eigenvalue weighted by atomic mass is 16.3. The Kier molecular flexibility index (Phi) is 3.50. The topological polar surface area (TPSA) is 37.3 Å². The van der Waals surface area contributed by atoms with Gasteiger partial charge in [0.2, 0.25) is 0 Å². The second-order valence-electron chi connectivity index (χ2n) is 3.72. The smallest absolute Gasteiger partial charge is 0.164 e. The van der Waals surface area contributed by atoms with E-state index in [0.717, 1.165) is 12.8 Å². The van der Waals surface area contributed by atoms with Gasteiger partial charge in [-0.2, -0.15) is 0 Å². The molecule has 1 N–H and O–H groups in total.